The summed E-state index contributed by atoms with van der Waals surface area (Å²) in [7, 11) is 0. The zero-order valence-electron chi connectivity index (χ0n) is 13.6. The van der Waals surface area contributed by atoms with Gasteiger partial charge < -0.3 is 5.32 Å². The lowest BCUT2D eigenvalue weighted by atomic mass is 9.95. The van der Waals surface area contributed by atoms with E-state index in [9.17, 15) is 4.79 Å². The van der Waals surface area contributed by atoms with E-state index in [-0.39, 0.29) is 11.4 Å². The van der Waals surface area contributed by atoms with E-state index in [1.54, 1.807) is 0 Å². The number of nitrogens with zero attached hydrogens (tertiary/aromatic N) is 1. The molecule has 0 aromatic carbocycles. The molecule has 2 atom stereocenters. The second kappa shape index (κ2) is 6.74. The summed E-state index contributed by atoms with van der Waals surface area (Å²) in [5.41, 5.74) is -0.135. The van der Waals surface area contributed by atoms with Crippen LogP contribution in [0.4, 0.5) is 0 Å². The first kappa shape index (κ1) is 16.5. The first-order valence-corrected chi connectivity index (χ1v) is 7.74. The van der Waals surface area contributed by atoms with Crippen molar-refractivity contribution in [2.45, 2.75) is 72.4 Å². The number of amides is 1. The molecular weight excluding hydrogens is 236 g/mol. The maximum absolute atomic E-state index is 12.1. The minimum absolute atomic E-state index is 0.135. The summed E-state index contributed by atoms with van der Waals surface area (Å²) in [6, 6.07) is 0.552. The molecule has 19 heavy (non-hydrogen) atoms. The van der Waals surface area contributed by atoms with Gasteiger partial charge in [-0.3, -0.25) is 9.69 Å². The van der Waals surface area contributed by atoms with Crippen molar-refractivity contribution in [1.82, 2.24) is 10.2 Å². The van der Waals surface area contributed by atoms with E-state index < -0.39 is 0 Å². The Bertz CT molecular complexity index is 294. The van der Waals surface area contributed by atoms with Crippen molar-refractivity contribution in [2.24, 2.45) is 11.8 Å². The Hall–Kier alpha value is -0.570. The summed E-state index contributed by atoms with van der Waals surface area (Å²) in [6.45, 7) is 14.6. The Kier molecular flexibility index (Phi) is 5.84. The Morgan fingerprint density at radius 1 is 1.26 bits per heavy atom. The van der Waals surface area contributed by atoms with Crippen LogP contribution in [0.3, 0.4) is 0 Å². The first-order valence-electron chi connectivity index (χ1n) is 7.74. The Morgan fingerprint density at radius 3 is 2.42 bits per heavy atom. The average molecular weight is 268 g/mol. The van der Waals surface area contributed by atoms with Crippen LogP contribution in [0.15, 0.2) is 0 Å². The predicted octanol–water partition coefficient (Wildman–Crippen LogP) is 3.05. The summed E-state index contributed by atoms with van der Waals surface area (Å²) in [4.78, 5) is 14.5. The molecule has 0 aromatic heterocycles. The normalized spacial score (nSPS) is 26.3. The van der Waals surface area contributed by atoms with Crippen molar-refractivity contribution in [3.8, 4) is 0 Å². The molecule has 1 aliphatic heterocycles. The molecule has 0 bridgehead atoms. The van der Waals surface area contributed by atoms with Crippen LogP contribution in [-0.4, -0.2) is 35.5 Å². The zero-order chi connectivity index (χ0) is 14.6. The zero-order valence-corrected chi connectivity index (χ0v) is 13.6. The van der Waals surface area contributed by atoms with Crippen molar-refractivity contribution >= 4 is 5.91 Å². The second-order valence-corrected chi connectivity index (χ2v) is 7.55. The standard InChI is InChI=1S/C16H32N2O/c1-12(2)14-8-7-13(3)9-10-18(14)11-15(19)17-16(4,5)6/h12-14H,7-11H2,1-6H3,(H,17,19). The molecule has 1 aliphatic rings. The van der Waals surface area contributed by atoms with Crippen molar-refractivity contribution in [3.63, 3.8) is 0 Å². The van der Waals surface area contributed by atoms with Crippen LogP contribution in [0.25, 0.3) is 0 Å². The van der Waals surface area contributed by atoms with Crippen LogP contribution in [0.2, 0.25) is 0 Å². The van der Waals surface area contributed by atoms with Gasteiger partial charge in [-0.25, -0.2) is 0 Å². The minimum atomic E-state index is -0.135. The highest BCUT2D eigenvalue weighted by atomic mass is 16.2. The monoisotopic (exact) mass is 268 g/mol. The van der Waals surface area contributed by atoms with Crippen LogP contribution in [0, 0.1) is 11.8 Å². The van der Waals surface area contributed by atoms with Gasteiger partial charge in [0.25, 0.3) is 0 Å². The molecule has 2 unspecified atom stereocenters. The predicted molar refractivity (Wildman–Crippen MR) is 81.1 cm³/mol. The molecule has 0 aliphatic carbocycles. The van der Waals surface area contributed by atoms with E-state index in [0.29, 0.717) is 18.5 Å². The van der Waals surface area contributed by atoms with Gasteiger partial charge in [-0.15, -0.1) is 0 Å². The van der Waals surface area contributed by atoms with Crippen LogP contribution in [-0.2, 0) is 4.79 Å². The highest BCUT2D eigenvalue weighted by molar-refractivity contribution is 5.78. The molecular formula is C16H32N2O. The first-order chi connectivity index (χ1) is 8.69. The van der Waals surface area contributed by atoms with Gasteiger partial charge >= 0.3 is 0 Å². The fourth-order valence-electron chi connectivity index (χ4n) is 2.93. The van der Waals surface area contributed by atoms with E-state index in [1.807, 2.05) is 20.8 Å². The fraction of sp³-hybridized carbons (Fsp3) is 0.938. The molecule has 0 radical (unpaired) electrons. The fourth-order valence-corrected chi connectivity index (χ4v) is 2.93. The van der Waals surface area contributed by atoms with Gasteiger partial charge in [0.2, 0.25) is 5.91 Å². The number of nitrogens with one attached hydrogen (secondary N) is 1. The number of hydrogen-bond donors (Lipinski definition) is 1. The molecule has 1 N–H and O–H groups in total. The Balaban J connectivity index is 2.63. The van der Waals surface area contributed by atoms with Gasteiger partial charge in [-0.2, -0.15) is 0 Å². The van der Waals surface area contributed by atoms with Gasteiger partial charge in [-0.05, 0) is 58.4 Å². The van der Waals surface area contributed by atoms with E-state index in [4.69, 9.17) is 0 Å². The second-order valence-electron chi connectivity index (χ2n) is 7.55. The van der Waals surface area contributed by atoms with Crippen LogP contribution >= 0.6 is 0 Å². The van der Waals surface area contributed by atoms with Crippen LogP contribution < -0.4 is 5.32 Å². The summed E-state index contributed by atoms with van der Waals surface area (Å²) in [5, 5.41) is 3.08. The van der Waals surface area contributed by atoms with Crippen molar-refractivity contribution in [1.29, 1.82) is 0 Å². The molecule has 0 aromatic rings. The van der Waals surface area contributed by atoms with Crippen molar-refractivity contribution in [2.75, 3.05) is 13.1 Å². The molecule has 0 saturated carbocycles. The average Bonchev–Trinajstić information content (AvgIpc) is 2.38. The number of likely N-dealkylation sites (tertiary alicyclic amines) is 1. The summed E-state index contributed by atoms with van der Waals surface area (Å²) >= 11 is 0. The molecule has 0 spiro atoms. The SMILES string of the molecule is CC1CCC(C(C)C)N(CC(=O)NC(C)(C)C)CC1. The lowest BCUT2D eigenvalue weighted by Gasteiger charge is -2.33. The number of carbonyl (C=O) groups is 1. The number of hydrogen-bond acceptors (Lipinski definition) is 2. The highest BCUT2D eigenvalue weighted by Gasteiger charge is 2.28. The molecule has 3 heteroatoms. The third-order valence-electron chi connectivity index (χ3n) is 3.96. The van der Waals surface area contributed by atoms with Crippen molar-refractivity contribution in [3.05, 3.63) is 0 Å². The molecule has 1 fully saturated rings. The van der Waals surface area contributed by atoms with Gasteiger partial charge in [0, 0.05) is 11.6 Å². The molecule has 1 saturated heterocycles. The highest BCUT2D eigenvalue weighted by Crippen LogP contribution is 2.25. The quantitative estimate of drug-likeness (QED) is 0.853. The Labute approximate surface area is 119 Å². The molecule has 1 amide bonds. The van der Waals surface area contributed by atoms with Gasteiger partial charge in [-0.1, -0.05) is 20.8 Å². The van der Waals surface area contributed by atoms with Gasteiger partial charge in [0.1, 0.15) is 0 Å². The van der Waals surface area contributed by atoms with Gasteiger partial charge in [0.15, 0.2) is 0 Å². The van der Waals surface area contributed by atoms with Gasteiger partial charge in [0.05, 0.1) is 6.54 Å². The largest absolute Gasteiger partial charge is 0.350 e. The van der Waals surface area contributed by atoms with E-state index in [0.717, 1.165) is 12.5 Å². The maximum Gasteiger partial charge on any atom is 0.234 e. The number of rotatable bonds is 3. The minimum Gasteiger partial charge on any atom is -0.350 e. The summed E-state index contributed by atoms with van der Waals surface area (Å²) in [5.74, 6) is 1.57. The smallest absolute Gasteiger partial charge is 0.234 e. The summed E-state index contributed by atoms with van der Waals surface area (Å²) in [6.07, 6.45) is 3.73. The third-order valence-corrected chi connectivity index (χ3v) is 3.96. The third kappa shape index (κ3) is 5.94. The Morgan fingerprint density at radius 2 is 1.89 bits per heavy atom. The van der Waals surface area contributed by atoms with E-state index in [1.165, 1.54) is 19.3 Å². The lowest BCUT2D eigenvalue weighted by molar-refractivity contribution is -0.124. The van der Waals surface area contributed by atoms with Crippen LogP contribution in [0.1, 0.15) is 60.8 Å². The lowest BCUT2D eigenvalue weighted by Crippen LogP contribution is -2.49. The van der Waals surface area contributed by atoms with Crippen LogP contribution in [0.5, 0.6) is 0 Å². The molecule has 3 nitrogen and oxygen atoms in total. The number of carbonyl (C=O) groups excluding carboxylic acids is 1. The van der Waals surface area contributed by atoms with E-state index in [2.05, 4.69) is 31.0 Å². The summed E-state index contributed by atoms with van der Waals surface area (Å²) < 4.78 is 0. The molecule has 1 rings (SSSR count). The molecule has 1 heterocycles. The maximum atomic E-state index is 12.1. The van der Waals surface area contributed by atoms with Crippen molar-refractivity contribution < 1.29 is 4.79 Å². The molecule has 112 valence electrons. The topological polar surface area (TPSA) is 32.3 Å². The van der Waals surface area contributed by atoms with E-state index >= 15 is 0 Å².